The zero-order chi connectivity index (χ0) is 22.7. The fourth-order valence-corrected chi connectivity index (χ4v) is 5.65. The van der Waals surface area contributed by atoms with Crippen molar-refractivity contribution in [2.75, 3.05) is 24.5 Å². The van der Waals surface area contributed by atoms with Crippen molar-refractivity contribution in [1.29, 1.82) is 0 Å². The van der Waals surface area contributed by atoms with Crippen LogP contribution in [0.25, 0.3) is 0 Å². The van der Waals surface area contributed by atoms with Gasteiger partial charge in [-0.2, -0.15) is 0 Å². The molecule has 4 rings (SSSR count). The van der Waals surface area contributed by atoms with Crippen LogP contribution in [0.4, 0.5) is 5.69 Å². The topological polar surface area (TPSA) is 55.8 Å². The van der Waals surface area contributed by atoms with E-state index >= 15 is 0 Å². The van der Waals surface area contributed by atoms with Crippen molar-refractivity contribution in [2.45, 2.75) is 77.0 Å². The summed E-state index contributed by atoms with van der Waals surface area (Å²) < 4.78 is 0. The van der Waals surface area contributed by atoms with Crippen molar-refractivity contribution in [3.8, 4) is 0 Å². The third-order valence-electron chi connectivity index (χ3n) is 6.89. The first-order valence-corrected chi connectivity index (χ1v) is 12.5. The van der Waals surface area contributed by atoms with Crippen LogP contribution in [0.2, 0.25) is 0 Å². The van der Waals surface area contributed by atoms with Gasteiger partial charge in [0.25, 0.3) is 0 Å². The van der Waals surface area contributed by atoms with Crippen LogP contribution in [-0.2, 0) is 4.79 Å². The van der Waals surface area contributed by atoms with Gasteiger partial charge in [-0.1, -0.05) is 29.8 Å². The van der Waals surface area contributed by atoms with Crippen LogP contribution in [-0.4, -0.2) is 47.8 Å². The van der Waals surface area contributed by atoms with Crippen LogP contribution < -0.4 is 10.2 Å². The van der Waals surface area contributed by atoms with Crippen molar-refractivity contribution < 1.29 is 9.90 Å². The minimum Gasteiger partial charge on any atom is -0.375 e. The lowest BCUT2D eigenvalue weighted by Gasteiger charge is -2.34. The Morgan fingerprint density at radius 3 is 2.62 bits per heavy atom. The lowest BCUT2D eigenvalue weighted by Crippen LogP contribution is -2.38. The Bertz CT molecular complexity index is 889. The first kappa shape index (κ1) is 23.2. The van der Waals surface area contributed by atoms with Crippen molar-refractivity contribution >= 4 is 23.2 Å². The number of fused-ring (bicyclic) bond motifs is 1. The molecule has 1 aliphatic carbocycles. The van der Waals surface area contributed by atoms with Gasteiger partial charge in [-0.05, 0) is 81.6 Å². The molecule has 2 heterocycles. The summed E-state index contributed by atoms with van der Waals surface area (Å²) in [5, 5.41) is 15.1. The zero-order valence-electron chi connectivity index (χ0n) is 19.3. The van der Waals surface area contributed by atoms with Gasteiger partial charge in [0.05, 0.1) is 0 Å². The zero-order valence-corrected chi connectivity index (χ0v) is 20.1. The summed E-state index contributed by atoms with van der Waals surface area (Å²) >= 11 is 6.72. The van der Waals surface area contributed by atoms with Crippen molar-refractivity contribution in [1.82, 2.24) is 10.2 Å². The molecule has 0 spiro atoms. The second-order valence-electron chi connectivity index (χ2n) is 9.59. The van der Waals surface area contributed by atoms with E-state index in [1.165, 1.54) is 18.5 Å². The molecule has 1 aromatic carbocycles. The maximum absolute atomic E-state index is 12.5. The molecular weight excluding hydrogens is 422 g/mol. The first-order chi connectivity index (χ1) is 15.4. The quantitative estimate of drug-likeness (QED) is 0.639. The third-order valence-corrected chi connectivity index (χ3v) is 7.24. The van der Waals surface area contributed by atoms with Crippen LogP contribution in [0.3, 0.4) is 0 Å². The Kier molecular flexibility index (Phi) is 7.47. The number of benzene rings is 1. The number of carbonyl (C=O) groups excluding carboxylic acids is 1. The number of allylic oxidation sites excluding steroid dienone is 3. The molecule has 0 aromatic heterocycles. The van der Waals surface area contributed by atoms with E-state index in [2.05, 4.69) is 33.3 Å². The van der Waals surface area contributed by atoms with Gasteiger partial charge in [0.2, 0.25) is 5.91 Å². The van der Waals surface area contributed by atoms with Crippen molar-refractivity contribution in [3.63, 3.8) is 0 Å². The van der Waals surface area contributed by atoms with E-state index in [1.807, 2.05) is 26.0 Å². The second kappa shape index (κ2) is 10.3. The molecule has 2 atom stereocenters. The number of anilines is 1. The third kappa shape index (κ3) is 5.15. The SMILES string of the molecule is CC(C)NC(=O)C[C@H]1CCCN(C(O)C2=C(Cl)C=C(N3CCCC3)CC2)c2ccccc21. The van der Waals surface area contributed by atoms with Gasteiger partial charge in [0.15, 0.2) is 6.23 Å². The molecule has 0 saturated carbocycles. The number of aliphatic hydroxyl groups is 1. The highest BCUT2D eigenvalue weighted by atomic mass is 35.5. The van der Waals surface area contributed by atoms with E-state index in [4.69, 9.17) is 11.6 Å². The maximum Gasteiger partial charge on any atom is 0.220 e. The molecule has 3 aliphatic rings. The average molecular weight is 458 g/mol. The Labute approximate surface area is 197 Å². The highest BCUT2D eigenvalue weighted by molar-refractivity contribution is 6.31. The molecule has 1 aromatic rings. The summed E-state index contributed by atoms with van der Waals surface area (Å²) in [4.78, 5) is 17.0. The number of carbonyl (C=O) groups is 1. The van der Waals surface area contributed by atoms with Crippen molar-refractivity contribution in [2.24, 2.45) is 0 Å². The molecule has 1 saturated heterocycles. The Morgan fingerprint density at radius 2 is 1.91 bits per heavy atom. The summed E-state index contributed by atoms with van der Waals surface area (Å²) in [6.45, 7) is 6.94. The van der Waals surface area contributed by atoms with E-state index < -0.39 is 6.23 Å². The Morgan fingerprint density at radius 1 is 1.16 bits per heavy atom. The van der Waals surface area contributed by atoms with Gasteiger partial charge in [0, 0.05) is 48.5 Å². The predicted molar refractivity (Wildman–Crippen MR) is 131 cm³/mol. The molecule has 1 fully saturated rings. The number of halogens is 1. The molecule has 32 heavy (non-hydrogen) atoms. The largest absolute Gasteiger partial charge is 0.375 e. The van der Waals surface area contributed by atoms with E-state index in [0.717, 1.165) is 62.1 Å². The number of nitrogens with one attached hydrogen (secondary N) is 1. The number of rotatable bonds is 6. The van der Waals surface area contributed by atoms with E-state index in [9.17, 15) is 9.90 Å². The second-order valence-corrected chi connectivity index (χ2v) is 10.0. The highest BCUT2D eigenvalue weighted by Gasteiger charge is 2.31. The number of hydrogen-bond acceptors (Lipinski definition) is 4. The van der Waals surface area contributed by atoms with Crippen LogP contribution in [0.1, 0.15) is 70.3 Å². The molecule has 5 nitrogen and oxygen atoms in total. The number of likely N-dealkylation sites (tertiary alicyclic amines) is 1. The van der Waals surface area contributed by atoms with Crippen LogP contribution in [0, 0.1) is 0 Å². The van der Waals surface area contributed by atoms with Crippen LogP contribution >= 0.6 is 11.6 Å². The molecule has 1 amide bonds. The minimum absolute atomic E-state index is 0.0893. The number of aliphatic hydroxyl groups excluding tert-OH is 1. The smallest absolute Gasteiger partial charge is 0.220 e. The molecular formula is C26H36ClN3O2. The molecule has 2 N–H and O–H groups in total. The lowest BCUT2D eigenvalue weighted by molar-refractivity contribution is -0.122. The van der Waals surface area contributed by atoms with Gasteiger partial charge in [-0.25, -0.2) is 0 Å². The summed E-state index contributed by atoms with van der Waals surface area (Å²) in [6.07, 6.45) is 7.84. The normalized spacial score (nSPS) is 22.5. The van der Waals surface area contributed by atoms with Gasteiger partial charge in [-0.3, -0.25) is 4.79 Å². The molecule has 0 radical (unpaired) electrons. The molecule has 1 unspecified atom stereocenters. The monoisotopic (exact) mass is 457 g/mol. The number of nitrogens with zero attached hydrogens (tertiary/aromatic N) is 2. The number of hydrogen-bond donors (Lipinski definition) is 2. The number of amides is 1. The predicted octanol–water partition coefficient (Wildman–Crippen LogP) is 4.87. The fourth-order valence-electron chi connectivity index (χ4n) is 5.34. The molecule has 6 heteroatoms. The van der Waals surface area contributed by atoms with E-state index in [0.29, 0.717) is 11.5 Å². The van der Waals surface area contributed by atoms with Crippen LogP contribution in [0.5, 0.6) is 0 Å². The van der Waals surface area contributed by atoms with Crippen LogP contribution in [0.15, 0.2) is 46.6 Å². The van der Waals surface area contributed by atoms with E-state index in [-0.39, 0.29) is 17.9 Å². The molecule has 0 bridgehead atoms. The first-order valence-electron chi connectivity index (χ1n) is 12.1. The molecule has 2 aliphatic heterocycles. The maximum atomic E-state index is 12.5. The molecule has 174 valence electrons. The lowest BCUT2D eigenvalue weighted by atomic mass is 9.90. The number of para-hydroxylation sites is 1. The fraction of sp³-hybridized carbons (Fsp3) is 0.577. The summed E-state index contributed by atoms with van der Waals surface area (Å²) in [5.41, 5.74) is 4.37. The standard InChI is InChI=1S/C26H36ClN3O2/c1-18(2)28-25(31)16-19-8-7-15-30(24-10-4-3-9-21(19)24)26(32)22-12-11-20(17-23(22)27)29-13-5-6-14-29/h3-4,9-10,17-19,26,32H,5-8,11-16H2,1-2H3,(H,28,31)/t19-,26?/m1/s1. The average Bonchev–Trinajstić information content (AvgIpc) is 3.24. The van der Waals surface area contributed by atoms with Gasteiger partial charge >= 0.3 is 0 Å². The summed E-state index contributed by atoms with van der Waals surface area (Å²) in [7, 11) is 0. The van der Waals surface area contributed by atoms with Gasteiger partial charge in [-0.15, -0.1) is 0 Å². The summed E-state index contributed by atoms with van der Waals surface area (Å²) in [6, 6.07) is 8.36. The highest BCUT2D eigenvalue weighted by Crippen LogP contribution is 2.40. The van der Waals surface area contributed by atoms with Gasteiger partial charge in [0.1, 0.15) is 0 Å². The van der Waals surface area contributed by atoms with Crippen molar-refractivity contribution in [3.05, 3.63) is 52.2 Å². The summed E-state index contributed by atoms with van der Waals surface area (Å²) in [5.74, 6) is 0.242. The van der Waals surface area contributed by atoms with Gasteiger partial charge < -0.3 is 20.2 Å². The Balaban J connectivity index is 1.57. The van der Waals surface area contributed by atoms with E-state index in [1.54, 1.807) is 0 Å². The minimum atomic E-state index is -0.747. The Hall–Kier alpha value is -1.98.